The minimum Gasteiger partial charge on any atom is -0.493 e. The van der Waals surface area contributed by atoms with E-state index in [9.17, 15) is 0 Å². The topological polar surface area (TPSA) is 21.3 Å². The van der Waals surface area contributed by atoms with Gasteiger partial charge in [-0.1, -0.05) is 25.1 Å². The average Bonchev–Trinajstić information content (AvgIpc) is 2.91. The summed E-state index contributed by atoms with van der Waals surface area (Å²) in [7, 11) is 0. The first-order valence-corrected chi connectivity index (χ1v) is 8.68. The number of aryl methyl sites for hydroxylation is 1. The lowest BCUT2D eigenvalue weighted by atomic mass is 9.95. The maximum Gasteiger partial charge on any atom is 0.127 e. The monoisotopic (exact) mass is 351 g/mol. The zero-order valence-electron chi connectivity index (χ0n) is 11.5. The van der Waals surface area contributed by atoms with E-state index in [4.69, 9.17) is 4.74 Å². The molecule has 4 heteroatoms. The van der Waals surface area contributed by atoms with Gasteiger partial charge in [0.05, 0.1) is 16.4 Å². The molecule has 2 aromatic rings. The van der Waals surface area contributed by atoms with Crippen LogP contribution in [0.2, 0.25) is 0 Å². The van der Waals surface area contributed by atoms with Gasteiger partial charge in [-0.2, -0.15) is 0 Å². The van der Waals surface area contributed by atoms with Crippen LogP contribution in [0, 0.1) is 0 Å². The van der Waals surface area contributed by atoms with E-state index in [0.29, 0.717) is 0 Å². The fourth-order valence-corrected chi connectivity index (χ4v) is 3.93. The van der Waals surface area contributed by atoms with Gasteiger partial charge in [0.1, 0.15) is 5.75 Å². The Morgan fingerprint density at radius 1 is 1.45 bits per heavy atom. The van der Waals surface area contributed by atoms with Gasteiger partial charge in [-0.3, -0.25) is 0 Å². The first kappa shape index (κ1) is 14.1. The molecule has 0 bridgehead atoms. The van der Waals surface area contributed by atoms with Crippen LogP contribution in [0.5, 0.6) is 5.75 Å². The van der Waals surface area contributed by atoms with Gasteiger partial charge in [0.15, 0.2) is 0 Å². The van der Waals surface area contributed by atoms with Gasteiger partial charge in [-0.05, 0) is 57.9 Å². The first-order chi connectivity index (χ1) is 9.79. The lowest BCUT2D eigenvalue weighted by Crippen LogP contribution is -2.23. The van der Waals surface area contributed by atoms with E-state index in [1.807, 2.05) is 0 Å². The Bertz CT molecular complexity index is 596. The molecule has 0 radical (unpaired) electrons. The predicted molar refractivity (Wildman–Crippen MR) is 87.8 cm³/mol. The van der Waals surface area contributed by atoms with Crippen LogP contribution in [0.15, 0.2) is 33.4 Å². The summed E-state index contributed by atoms with van der Waals surface area (Å²) in [5, 5.41) is 5.79. The van der Waals surface area contributed by atoms with E-state index in [1.165, 1.54) is 20.5 Å². The second-order valence-corrected chi connectivity index (χ2v) is 7.25. The molecule has 1 aliphatic rings. The molecule has 0 amide bonds. The highest BCUT2D eigenvalue weighted by Gasteiger charge is 2.22. The van der Waals surface area contributed by atoms with Gasteiger partial charge >= 0.3 is 0 Å². The summed E-state index contributed by atoms with van der Waals surface area (Å²) in [6, 6.07) is 8.91. The summed E-state index contributed by atoms with van der Waals surface area (Å²) in [5.74, 6) is 1.09. The summed E-state index contributed by atoms with van der Waals surface area (Å²) in [6.45, 7) is 3.91. The molecule has 1 atom stereocenters. The number of thiophene rings is 1. The highest BCUT2D eigenvalue weighted by atomic mass is 79.9. The number of fused-ring (bicyclic) bond motifs is 1. The van der Waals surface area contributed by atoms with Crippen molar-refractivity contribution in [3.8, 4) is 5.75 Å². The van der Waals surface area contributed by atoms with E-state index < -0.39 is 0 Å². The minimum absolute atomic E-state index is 0.204. The Labute approximate surface area is 132 Å². The number of ether oxygens (including phenoxy) is 1. The lowest BCUT2D eigenvalue weighted by molar-refractivity contribution is 0.283. The molecule has 20 heavy (non-hydrogen) atoms. The van der Waals surface area contributed by atoms with Gasteiger partial charge in [-0.25, -0.2) is 0 Å². The van der Waals surface area contributed by atoms with Crippen LogP contribution in [0.1, 0.15) is 36.1 Å². The second-order valence-electron chi connectivity index (χ2n) is 4.96. The van der Waals surface area contributed by atoms with Crippen molar-refractivity contribution in [1.29, 1.82) is 0 Å². The van der Waals surface area contributed by atoms with Crippen molar-refractivity contribution in [3.63, 3.8) is 0 Å². The molecule has 3 rings (SSSR count). The van der Waals surface area contributed by atoms with Gasteiger partial charge < -0.3 is 10.1 Å². The zero-order chi connectivity index (χ0) is 13.9. The van der Waals surface area contributed by atoms with E-state index in [0.717, 1.165) is 31.7 Å². The Balaban J connectivity index is 2.03. The molecule has 2 nitrogen and oxygen atoms in total. The number of hydrogen-bond acceptors (Lipinski definition) is 3. The van der Waals surface area contributed by atoms with Crippen molar-refractivity contribution in [2.75, 3.05) is 13.2 Å². The molecule has 0 fully saturated rings. The molecule has 1 unspecified atom stereocenters. The fourth-order valence-electron chi connectivity index (χ4n) is 2.73. The van der Waals surface area contributed by atoms with E-state index in [2.05, 4.69) is 57.8 Å². The number of para-hydroxylation sites is 1. The Hall–Kier alpha value is -0.840. The zero-order valence-corrected chi connectivity index (χ0v) is 13.9. The molecule has 1 aromatic carbocycles. The average molecular weight is 352 g/mol. The van der Waals surface area contributed by atoms with Gasteiger partial charge in [0.25, 0.3) is 0 Å². The molecular formula is C16H18BrNOS. The van der Waals surface area contributed by atoms with E-state index in [-0.39, 0.29) is 6.04 Å². The number of halogens is 1. The van der Waals surface area contributed by atoms with E-state index >= 15 is 0 Å². The van der Waals surface area contributed by atoms with Crippen LogP contribution in [-0.2, 0) is 6.42 Å². The first-order valence-electron chi connectivity index (χ1n) is 7.01. The van der Waals surface area contributed by atoms with Crippen LogP contribution in [0.4, 0.5) is 0 Å². The van der Waals surface area contributed by atoms with Crippen LogP contribution >= 0.6 is 27.3 Å². The molecule has 0 saturated carbocycles. The van der Waals surface area contributed by atoms with Gasteiger partial charge in [0, 0.05) is 5.56 Å². The normalized spacial score (nSPS) is 15.5. The third-order valence-electron chi connectivity index (χ3n) is 3.60. The highest BCUT2D eigenvalue weighted by Crippen LogP contribution is 2.37. The van der Waals surface area contributed by atoms with E-state index in [1.54, 1.807) is 11.3 Å². The molecule has 2 heterocycles. The molecule has 106 valence electrons. The van der Waals surface area contributed by atoms with Crippen molar-refractivity contribution in [2.24, 2.45) is 0 Å². The van der Waals surface area contributed by atoms with Crippen LogP contribution in [-0.4, -0.2) is 13.2 Å². The highest BCUT2D eigenvalue weighted by molar-refractivity contribution is 9.11. The number of rotatable bonds is 4. The molecule has 0 saturated heterocycles. The minimum atomic E-state index is 0.204. The quantitative estimate of drug-likeness (QED) is 0.873. The number of benzene rings is 1. The third kappa shape index (κ3) is 2.78. The smallest absolute Gasteiger partial charge is 0.127 e. The SMILES string of the molecule is CCNC(c1csc(Br)c1)c1cccc2c1OCCC2. The fraction of sp³-hybridized carbons (Fsp3) is 0.375. The summed E-state index contributed by atoms with van der Waals surface area (Å²) < 4.78 is 7.13. The Morgan fingerprint density at radius 2 is 2.35 bits per heavy atom. The molecular weight excluding hydrogens is 334 g/mol. The Kier molecular flexibility index (Phi) is 4.44. The van der Waals surface area contributed by atoms with Crippen LogP contribution in [0.3, 0.4) is 0 Å². The second kappa shape index (κ2) is 6.29. The van der Waals surface area contributed by atoms with Crippen molar-refractivity contribution in [3.05, 3.63) is 50.1 Å². The lowest BCUT2D eigenvalue weighted by Gasteiger charge is -2.25. The molecule has 0 aliphatic carbocycles. The van der Waals surface area contributed by atoms with Crippen molar-refractivity contribution < 1.29 is 4.74 Å². The molecule has 1 N–H and O–H groups in total. The summed E-state index contributed by atoms with van der Waals surface area (Å²) in [5.41, 5.74) is 3.89. The van der Waals surface area contributed by atoms with Crippen molar-refractivity contribution in [1.82, 2.24) is 5.32 Å². The number of hydrogen-bond donors (Lipinski definition) is 1. The van der Waals surface area contributed by atoms with Crippen molar-refractivity contribution >= 4 is 27.3 Å². The summed E-state index contributed by atoms with van der Waals surface area (Å²) >= 11 is 5.29. The summed E-state index contributed by atoms with van der Waals surface area (Å²) in [4.78, 5) is 0. The molecule has 1 aliphatic heterocycles. The van der Waals surface area contributed by atoms with Crippen molar-refractivity contribution in [2.45, 2.75) is 25.8 Å². The van der Waals surface area contributed by atoms with Crippen LogP contribution in [0.25, 0.3) is 0 Å². The molecule has 1 aromatic heterocycles. The maximum atomic E-state index is 5.96. The van der Waals surface area contributed by atoms with Gasteiger partial charge in [0.2, 0.25) is 0 Å². The molecule has 0 spiro atoms. The third-order valence-corrected chi connectivity index (χ3v) is 5.13. The van der Waals surface area contributed by atoms with Gasteiger partial charge in [-0.15, -0.1) is 11.3 Å². The predicted octanol–water partition coefficient (Wildman–Crippen LogP) is 4.53. The Morgan fingerprint density at radius 3 is 3.10 bits per heavy atom. The standard InChI is InChI=1S/C16H18BrNOS/c1-2-18-15(12-9-14(17)20-10-12)13-7-3-5-11-6-4-8-19-16(11)13/h3,5,7,9-10,15,18H,2,4,6,8H2,1H3. The maximum absolute atomic E-state index is 5.96. The summed E-state index contributed by atoms with van der Waals surface area (Å²) in [6.07, 6.45) is 2.24. The number of nitrogens with one attached hydrogen (secondary N) is 1. The largest absolute Gasteiger partial charge is 0.493 e. The van der Waals surface area contributed by atoms with Crippen LogP contribution < -0.4 is 10.1 Å².